The molecule has 2 atom stereocenters. The lowest BCUT2D eigenvalue weighted by Gasteiger charge is -2.33. The number of rotatable bonds is 17. The third-order valence-electron chi connectivity index (χ3n) is 5.43. The topological polar surface area (TPSA) is 72.9 Å². The summed E-state index contributed by atoms with van der Waals surface area (Å²) in [5, 5.41) is -2.42. The maximum Gasteiger partial charge on any atom is 0.460 e. The van der Waals surface area contributed by atoms with Crippen molar-refractivity contribution >= 4 is 22.7 Å². The van der Waals surface area contributed by atoms with Gasteiger partial charge in [0.2, 0.25) is 0 Å². The number of hydrogen-bond acceptors (Lipinski definition) is 6. The number of carbonyl (C=O) groups is 2. The molecule has 0 rings (SSSR count). The van der Waals surface area contributed by atoms with E-state index < -0.39 is 114 Å². The molecule has 0 N–H and O–H groups in total. The number of carbonyl (C=O) groups excluding carboxylic acids is 2. The molecule has 0 aromatic heterocycles. The van der Waals surface area contributed by atoms with Gasteiger partial charge in [0.1, 0.15) is 5.25 Å². The van der Waals surface area contributed by atoms with Crippen LogP contribution in [-0.4, -0.2) is 114 Å². The maximum atomic E-state index is 13.6. The average molecular weight is 729 g/mol. The van der Waals surface area contributed by atoms with Crippen molar-refractivity contribution in [1.82, 2.24) is 4.90 Å². The van der Waals surface area contributed by atoms with Crippen LogP contribution in [0.3, 0.4) is 0 Å². The number of alkyl halides is 18. The lowest BCUT2D eigenvalue weighted by Crippen LogP contribution is -2.61. The van der Waals surface area contributed by atoms with Gasteiger partial charge in [0.25, 0.3) is 0 Å². The molecule has 0 aromatic rings. The van der Waals surface area contributed by atoms with Gasteiger partial charge >= 0.3 is 59.8 Å². The first kappa shape index (κ1) is 42.8. The lowest BCUT2D eigenvalue weighted by atomic mass is 10.0. The Kier molecular flexibility index (Phi) is 13.6. The molecule has 0 spiro atoms. The summed E-state index contributed by atoms with van der Waals surface area (Å²) in [4.78, 5) is 25.4. The van der Waals surface area contributed by atoms with Gasteiger partial charge < -0.3 is 14.4 Å². The molecule has 0 aromatic carbocycles. The Balaban J connectivity index is 5.65. The van der Waals surface area contributed by atoms with Gasteiger partial charge in [0.05, 0.1) is 32.5 Å². The molecule has 0 bridgehead atoms. The SMILES string of the molecule is CN(C)CCS(=O)C(CC(=O)OCCC(F)(F)C(F)(F)C(F)(F)C(F)(F)F)C(=O)OCCC(F)(F)C(F)(F)C(F)(F)C(F)(F)F. The highest BCUT2D eigenvalue weighted by Gasteiger charge is 2.82. The summed E-state index contributed by atoms with van der Waals surface area (Å²) in [6, 6.07) is 0. The van der Waals surface area contributed by atoms with Crippen LogP contribution < -0.4 is 0 Å². The van der Waals surface area contributed by atoms with E-state index in [4.69, 9.17) is 0 Å². The van der Waals surface area contributed by atoms with Gasteiger partial charge in [-0.15, -0.1) is 0 Å². The van der Waals surface area contributed by atoms with Crippen LogP contribution in [0.1, 0.15) is 19.3 Å². The zero-order valence-corrected chi connectivity index (χ0v) is 23.0. The summed E-state index contributed by atoms with van der Waals surface area (Å²) in [7, 11) is 0.0177. The van der Waals surface area contributed by atoms with E-state index in [-0.39, 0.29) is 6.54 Å². The Morgan fingerprint density at radius 3 is 1.31 bits per heavy atom. The largest absolute Gasteiger partial charge is 0.465 e. The number of halogens is 18. The standard InChI is InChI=1S/C20H21F18NO5S/c1-39(2)5-8-45(42)10(12(41)44-7-4-14(23,24)16(27,28)18(31,32)20(36,37)38)9-11(40)43-6-3-13(21,22)15(25,26)17(29,30)19(33,34)35/h10H,3-9H2,1-2H3. The Labute approximate surface area is 242 Å². The minimum Gasteiger partial charge on any atom is -0.465 e. The molecular formula is C20H21F18NO5S. The summed E-state index contributed by atoms with van der Waals surface area (Å²) in [5.74, 6) is -45.8. The van der Waals surface area contributed by atoms with E-state index in [1.807, 2.05) is 0 Å². The Bertz CT molecular complexity index is 1040. The third kappa shape index (κ3) is 9.65. The molecule has 6 nitrogen and oxygen atoms in total. The zero-order chi connectivity index (χ0) is 36.3. The second-order valence-corrected chi connectivity index (χ2v) is 10.9. The molecule has 0 aliphatic heterocycles. The first-order chi connectivity index (χ1) is 19.7. The minimum atomic E-state index is -7.28. The van der Waals surface area contributed by atoms with Crippen molar-refractivity contribution in [3.8, 4) is 0 Å². The van der Waals surface area contributed by atoms with Gasteiger partial charge in [-0.3, -0.25) is 13.8 Å². The van der Waals surface area contributed by atoms with Crippen molar-refractivity contribution in [2.45, 2.75) is 72.4 Å². The second kappa shape index (κ2) is 14.3. The summed E-state index contributed by atoms with van der Waals surface area (Å²) < 4.78 is 253. The van der Waals surface area contributed by atoms with Crippen LogP contribution in [-0.2, 0) is 29.9 Å². The fourth-order valence-electron chi connectivity index (χ4n) is 2.70. The van der Waals surface area contributed by atoms with Gasteiger partial charge in [-0.2, -0.15) is 79.0 Å². The van der Waals surface area contributed by atoms with Crippen LogP contribution in [0.5, 0.6) is 0 Å². The van der Waals surface area contributed by atoms with Crippen molar-refractivity contribution in [3.63, 3.8) is 0 Å². The van der Waals surface area contributed by atoms with E-state index in [1.54, 1.807) is 0 Å². The Morgan fingerprint density at radius 1 is 0.622 bits per heavy atom. The molecule has 0 heterocycles. The van der Waals surface area contributed by atoms with Crippen molar-refractivity contribution in [2.75, 3.05) is 39.6 Å². The van der Waals surface area contributed by atoms with Crippen LogP contribution in [0, 0.1) is 0 Å². The van der Waals surface area contributed by atoms with E-state index in [2.05, 4.69) is 9.47 Å². The monoisotopic (exact) mass is 729 g/mol. The van der Waals surface area contributed by atoms with E-state index in [0.29, 0.717) is 0 Å². The van der Waals surface area contributed by atoms with Gasteiger partial charge in [0.15, 0.2) is 0 Å². The van der Waals surface area contributed by atoms with Crippen LogP contribution in [0.15, 0.2) is 0 Å². The zero-order valence-electron chi connectivity index (χ0n) is 22.2. The number of esters is 2. The van der Waals surface area contributed by atoms with Gasteiger partial charge in [-0.25, -0.2) is 0 Å². The predicted molar refractivity (Wildman–Crippen MR) is 113 cm³/mol. The first-order valence-electron chi connectivity index (χ1n) is 11.5. The molecule has 0 saturated carbocycles. The first-order valence-corrected chi connectivity index (χ1v) is 12.8. The average Bonchev–Trinajstić information content (AvgIpc) is 2.83. The van der Waals surface area contributed by atoms with Gasteiger partial charge in [-0.05, 0) is 14.1 Å². The molecule has 0 amide bonds. The molecule has 0 aliphatic rings. The van der Waals surface area contributed by atoms with Crippen LogP contribution >= 0.6 is 0 Å². The highest BCUT2D eigenvalue weighted by atomic mass is 32.2. The van der Waals surface area contributed by atoms with E-state index in [1.165, 1.54) is 19.0 Å². The number of ether oxygens (including phenoxy) is 2. The van der Waals surface area contributed by atoms with Gasteiger partial charge in [0, 0.05) is 23.1 Å². The van der Waals surface area contributed by atoms with Crippen molar-refractivity contribution in [3.05, 3.63) is 0 Å². The van der Waals surface area contributed by atoms with Crippen molar-refractivity contribution in [1.29, 1.82) is 0 Å². The van der Waals surface area contributed by atoms with E-state index in [0.717, 1.165) is 0 Å². The molecule has 0 radical (unpaired) electrons. The third-order valence-corrected chi connectivity index (χ3v) is 7.01. The molecule has 45 heavy (non-hydrogen) atoms. The maximum absolute atomic E-state index is 13.6. The van der Waals surface area contributed by atoms with Crippen LogP contribution in [0.4, 0.5) is 79.0 Å². The van der Waals surface area contributed by atoms with Crippen LogP contribution in [0.2, 0.25) is 0 Å². The number of nitrogens with zero attached hydrogens (tertiary/aromatic N) is 1. The Morgan fingerprint density at radius 2 is 0.978 bits per heavy atom. The fraction of sp³-hybridized carbons (Fsp3) is 0.900. The molecule has 268 valence electrons. The quantitative estimate of drug-likeness (QED) is 0.138. The molecule has 0 fully saturated rings. The number of hydrogen-bond donors (Lipinski definition) is 0. The summed E-state index contributed by atoms with van der Waals surface area (Å²) >= 11 is 0. The summed E-state index contributed by atoms with van der Waals surface area (Å²) in [6.45, 7) is -4.31. The molecular weight excluding hydrogens is 708 g/mol. The van der Waals surface area contributed by atoms with E-state index in [9.17, 15) is 92.8 Å². The van der Waals surface area contributed by atoms with Crippen LogP contribution in [0.25, 0.3) is 0 Å². The molecule has 25 heteroatoms. The highest BCUT2D eigenvalue weighted by Crippen LogP contribution is 2.55. The highest BCUT2D eigenvalue weighted by molar-refractivity contribution is 7.86. The summed E-state index contributed by atoms with van der Waals surface area (Å²) in [6.07, 6.45) is -21.3. The molecule has 0 saturated heterocycles. The lowest BCUT2D eigenvalue weighted by molar-refractivity contribution is -0.397. The molecule has 2 unspecified atom stereocenters. The predicted octanol–water partition coefficient (Wildman–Crippen LogP) is 5.86. The van der Waals surface area contributed by atoms with Crippen molar-refractivity contribution in [2.24, 2.45) is 0 Å². The minimum absolute atomic E-state index is 0.211. The normalized spacial score (nSPS) is 16.0. The fourth-order valence-corrected chi connectivity index (χ4v) is 4.14. The smallest absolute Gasteiger partial charge is 0.460 e. The van der Waals surface area contributed by atoms with Gasteiger partial charge in [-0.1, -0.05) is 0 Å². The Hall–Kier alpha value is -2.21. The van der Waals surface area contributed by atoms with Crippen molar-refractivity contribution < 1.29 is 102 Å². The van der Waals surface area contributed by atoms with E-state index >= 15 is 0 Å². The summed E-state index contributed by atoms with van der Waals surface area (Å²) in [5.41, 5.74) is 0. The molecule has 0 aliphatic carbocycles. The second-order valence-electron chi connectivity index (χ2n) is 9.17.